The molecule has 3 aromatic carbocycles. The van der Waals surface area contributed by atoms with Gasteiger partial charge in [-0.15, -0.1) is 0 Å². The third-order valence-electron chi connectivity index (χ3n) is 5.68. The first-order valence-electron chi connectivity index (χ1n) is 10.7. The molecular formula is C25H27BrN2O3S. The third kappa shape index (κ3) is 5.66. The average molecular weight is 515 g/mol. The maximum atomic E-state index is 12.9. The molecule has 0 spiro atoms. The van der Waals surface area contributed by atoms with Gasteiger partial charge in [-0.2, -0.15) is 4.31 Å². The predicted octanol–water partition coefficient (Wildman–Crippen LogP) is 4.56. The van der Waals surface area contributed by atoms with Crippen molar-refractivity contribution in [2.75, 3.05) is 39.3 Å². The van der Waals surface area contributed by atoms with Gasteiger partial charge in [0.2, 0.25) is 10.0 Å². The molecule has 0 bridgehead atoms. The van der Waals surface area contributed by atoms with E-state index >= 15 is 0 Å². The van der Waals surface area contributed by atoms with Crippen molar-refractivity contribution in [2.45, 2.75) is 11.0 Å². The molecule has 3 aromatic rings. The van der Waals surface area contributed by atoms with Crippen LogP contribution in [0.4, 0.5) is 0 Å². The molecule has 1 aliphatic heterocycles. The first-order valence-corrected chi connectivity index (χ1v) is 13.0. The van der Waals surface area contributed by atoms with Gasteiger partial charge >= 0.3 is 0 Å². The topological polar surface area (TPSA) is 49.9 Å². The van der Waals surface area contributed by atoms with E-state index in [9.17, 15) is 8.42 Å². The minimum atomic E-state index is -3.45. The normalized spacial score (nSPS) is 15.8. The maximum absolute atomic E-state index is 12.9. The molecule has 1 fully saturated rings. The fourth-order valence-electron chi connectivity index (χ4n) is 3.89. The smallest absolute Gasteiger partial charge is 0.243 e. The van der Waals surface area contributed by atoms with Crippen LogP contribution in [0.2, 0.25) is 0 Å². The standard InChI is InChI=1S/C25H27BrN2O3S/c26-23-11-13-24(14-12-23)32(29,30)28-17-15-27(16-18-28)19-20-31-25(21-7-3-1-4-8-21)22-9-5-2-6-10-22/h1-14,25H,15-20H2. The third-order valence-corrected chi connectivity index (χ3v) is 8.12. The van der Waals surface area contributed by atoms with Gasteiger partial charge in [-0.1, -0.05) is 76.6 Å². The highest BCUT2D eigenvalue weighted by Gasteiger charge is 2.28. The number of halogens is 1. The second kappa shape index (κ2) is 10.7. The van der Waals surface area contributed by atoms with Gasteiger partial charge in [0.15, 0.2) is 0 Å². The number of hydrogen-bond acceptors (Lipinski definition) is 4. The van der Waals surface area contributed by atoms with Gasteiger partial charge in [-0.25, -0.2) is 8.42 Å². The number of sulfonamides is 1. The zero-order chi connectivity index (χ0) is 22.4. The van der Waals surface area contributed by atoms with Crippen LogP contribution in [0.25, 0.3) is 0 Å². The predicted molar refractivity (Wildman–Crippen MR) is 130 cm³/mol. The molecular weight excluding hydrogens is 488 g/mol. The zero-order valence-corrected chi connectivity index (χ0v) is 20.2. The molecule has 1 aliphatic rings. The lowest BCUT2D eigenvalue weighted by atomic mass is 10.0. The first-order chi connectivity index (χ1) is 15.5. The summed E-state index contributed by atoms with van der Waals surface area (Å²) in [6.45, 7) is 3.70. The van der Waals surface area contributed by atoms with Crippen LogP contribution in [0.1, 0.15) is 17.2 Å². The van der Waals surface area contributed by atoms with Gasteiger partial charge in [0, 0.05) is 37.2 Å². The SMILES string of the molecule is O=S(=O)(c1ccc(Br)cc1)N1CCN(CCOC(c2ccccc2)c2ccccc2)CC1. The summed E-state index contributed by atoms with van der Waals surface area (Å²) in [5, 5.41) is 0. The van der Waals surface area contributed by atoms with Crippen LogP contribution < -0.4 is 0 Å². The number of hydrogen-bond donors (Lipinski definition) is 0. The lowest BCUT2D eigenvalue weighted by Crippen LogP contribution is -2.49. The largest absolute Gasteiger partial charge is 0.367 e. The Morgan fingerprint density at radius 1 is 0.781 bits per heavy atom. The monoisotopic (exact) mass is 514 g/mol. The Balaban J connectivity index is 1.32. The summed E-state index contributed by atoms with van der Waals surface area (Å²) in [6, 6.07) is 27.3. The van der Waals surface area contributed by atoms with Crippen molar-refractivity contribution in [3.8, 4) is 0 Å². The molecule has 0 aromatic heterocycles. The molecule has 0 atom stereocenters. The summed E-state index contributed by atoms with van der Waals surface area (Å²) in [7, 11) is -3.45. The zero-order valence-electron chi connectivity index (χ0n) is 17.8. The van der Waals surface area contributed by atoms with Gasteiger partial charge in [0.25, 0.3) is 0 Å². The van der Waals surface area contributed by atoms with Crippen molar-refractivity contribution in [3.05, 3.63) is 101 Å². The summed E-state index contributed by atoms with van der Waals surface area (Å²) in [6.07, 6.45) is -0.114. The number of rotatable bonds is 8. The van der Waals surface area contributed by atoms with Gasteiger partial charge in [-0.05, 0) is 35.4 Å². The summed E-state index contributed by atoms with van der Waals surface area (Å²) in [5.74, 6) is 0. The van der Waals surface area contributed by atoms with Crippen LogP contribution in [-0.2, 0) is 14.8 Å². The van der Waals surface area contributed by atoms with Crippen molar-refractivity contribution in [3.63, 3.8) is 0 Å². The average Bonchev–Trinajstić information content (AvgIpc) is 2.83. The van der Waals surface area contributed by atoms with E-state index in [0.717, 1.165) is 22.1 Å². The Morgan fingerprint density at radius 2 is 1.31 bits per heavy atom. The van der Waals surface area contributed by atoms with E-state index in [-0.39, 0.29) is 6.10 Å². The molecule has 1 heterocycles. The number of ether oxygens (including phenoxy) is 1. The molecule has 0 N–H and O–H groups in total. The molecule has 168 valence electrons. The van der Waals surface area contributed by atoms with E-state index in [1.165, 1.54) is 0 Å². The van der Waals surface area contributed by atoms with Gasteiger partial charge < -0.3 is 4.74 Å². The van der Waals surface area contributed by atoms with E-state index in [2.05, 4.69) is 45.1 Å². The Bertz CT molecular complexity index is 1050. The Labute approximate surface area is 198 Å². The second-order valence-corrected chi connectivity index (χ2v) is 10.6. The fraction of sp³-hybridized carbons (Fsp3) is 0.280. The molecule has 0 amide bonds. The van der Waals surface area contributed by atoms with Crippen LogP contribution in [0.5, 0.6) is 0 Å². The van der Waals surface area contributed by atoms with E-state index < -0.39 is 10.0 Å². The molecule has 0 saturated carbocycles. The molecule has 0 aliphatic carbocycles. The Morgan fingerprint density at radius 3 is 1.84 bits per heavy atom. The van der Waals surface area contributed by atoms with Crippen LogP contribution >= 0.6 is 15.9 Å². The molecule has 0 radical (unpaired) electrons. The van der Waals surface area contributed by atoms with E-state index in [0.29, 0.717) is 37.7 Å². The molecule has 7 heteroatoms. The van der Waals surface area contributed by atoms with Crippen molar-refractivity contribution in [1.82, 2.24) is 9.21 Å². The summed E-state index contributed by atoms with van der Waals surface area (Å²) in [5.41, 5.74) is 2.26. The number of benzene rings is 3. The van der Waals surface area contributed by atoms with Crippen LogP contribution in [0.3, 0.4) is 0 Å². The minimum absolute atomic E-state index is 0.114. The van der Waals surface area contributed by atoms with E-state index in [4.69, 9.17) is 4.74 Å². The number of piperazine rings is 1. The van der Waals surface area contributed by atoms with Crippen molar-refractivity contribution in [2.24, 2.45) is 0 Å². The minimum Gasteiger partial charge on any atom is -0.367 e. The molecule has 32 heavy (non-hydrogen) atoms. The summed E-state index contributed by atoms with van der Waals surface area (Å²) < 4.78 is 34.5. The van der Waals surface area contributed by atoms with Crippen molar-refractivity contribution in [1.29, 1.82) is 0 Å². The highest BCUT2D eigenvalue weighted by Crippen LogP contribution is 2.26. The van der Waals surface area contributed by atoms with Crippen LogP contribution in [0, 0.1) is 0 Å². The molecule has 0 unspecified atom stereocenters. The Hall–Kier alpha value is -2.03. The van der Waals surface area contributed by atoms with Crippen LogP contribution in [-0.4, -0.2) is 57.0 Å². The quantitative estimate of drug-likeness (QED) is 0.442. The summed E-state index contributed by atoms with van der Waals surface area (Å²) >= 11 is 3.35. The number of nitrogens with zero attached hydrogens (tertiary/aromatic N) is 2. The molecule has 1 saturated heterocycles. The lowest BCUT2D eigenvalue weighted by Gasteiger charge is -2.34. The first kappa shape index (κ1) is 23.1. The van der Waals surface area contributed by atoms with E-state index in [1.54, 1.807) is 28.6 Å². The van der Waals surface area contributed by atoms with Crippen molar-refractivity contribution >= 4 is 26.0 Å². The Kier molecular flexibility index (Phi) is 7.75. The van der Waals surface area contributed by atoms with Crippen LogP contribution in [0.15, 0.2) is 94.3 Å². The van der Waals surface area contributed by atoms with Gasteiger partial charge in [-0.3, -0.25) is 4.90 Å². The lowest BCUT2D eigenvalue weighted by molar-refractivity contribution is 0.0527. The maximum Gasteiger partial charge on any atom is 0.243 e. The van der Waals surface area contributed by atoms with Gasteiger partial charge in [0.1, 0.15) is 6.10 Å². The highest BCUT2D eigenvalue weighted by molar-refractivity contribution is 9.10. The van der Waals surface area contributed by atoms with Crippen molar-refractivity contribution < 1.29 is 13.2 Å². The molecule has 4 rings (SSSR count). The van der Waals surface area contributed by atoms with Gasteiger partial charge in [0.05, 0.1) is 11.5 Å². The highest BCUT2D eigenvalue weighted by atomic mass is 79.9. The fourth-order valence-corrected chi connectivity index (χ4v) is 5.58. The molecule has 5 nitrogen and oxygen atoms in total. The summed E-state index contributed by atoms with van der Waals surface area (Å²) in [4.78, 5) is 2.60. The van der Waals surface area contributed by atoms with E-state index in [1.807, 2.05) is 36.4 Å². The second-order valence-electron chi connectivity index (χ2n) is 7.77.